The molecule has 6 heteroatoms. The molecule has 1 heterocycles. The van der Waals surface area contributed by atoms with E-state index in [1.807, 2.05) is 24.3 Å². The third-order valence-electron chi connectivity index (χ3n) is 5.14. The molecule has 2 amide bonds. The molecule has 1 aromatic heterocycles. The van der Waals surface area contributed by atoms with Gasteiger partial charge in [-0.3, -0.25) is 19.8 Å². The van der Waals surface area contributed by atoms with Gasteiger partial charge >= 0.3 is 0 Å². The summed E-state index contributed by atoms with van der Waals surface area (Å²) in [4.78, 5) is 28.7. The van der Waals surface area contributed by atoms with Crippen molar-refractivity contribution < 1.29 is 14.8 Å². The van der Waals surface area contributed by atoms with Gasteiger partial charge in [-0.25, -0.2) is 5.48 Å². The zero-order valence-corrected chi connectivity index (χ0v) is 15.6. The fraction of sp³-hybridized carbons (Fsp3) is 0.476. The summed E-state index contributed by atoms with van der Waals surface area (Å²) in [6.07, 6.45) is 7.89. The molecular weight excluding hydrogens is 342 g/mol. The van der Waals surface area contributed by atoms with E-state index >= 15 is 0 Å². The lowest BCUT2D eigenvalue weighted by Gasteiger charge is -2.20. The predicted molar refractivity (Wildman–Crippen MR) is 104 cm³/mol. The van der Waals surface area contributed by atoms with Crippen LogP contribution in [0.25, 0.3) is 10.9 Å². The first-order valence-corrected chi connectivity index (χ1v) is 9.82. The first kappa shape index (κ1) is 19.3. The Hall–Kier alpha value is -2.47. The molecule has 1 aliphatic carbocycles. The highest BCUT2D eigenvalue weighted by molar-refractivity contribution is 6.07. The largest absolute Gasteiger partial charge is 0.352 e. The maximum atomic E-state index is 12.9. The fourth-order valence-corrected chi connectivity index (χ4v) is 3.74. The molecule has 0 radical (unpaired) electrons. The summed E-state index contributed by atoms with van der Waals surface area (Å²) < 4.78 is 0. The summed E-state index contributed by atoms with van der Waals surface area (Å²) in [5.74, 6) is -0.357. The molecule has 1 aliphatic rings. The smallest absolute Gasteiger partial charge is 0.252 e. The van der Waals surface area contributed by atoms with Gasteiger partial charge in [0.15, 0.2) is 0 Å². The second kappa shape index (κ2) is 9.46. The molecule has 0 unspecified atom stereocenters. The minimum atomic E-state index is -0.349. The van der Waals surface area contributed by atoms with Gasteiger partial charge in [0, 0.05) is 24.0 Å². The van der Waals surface area contributed by atoms with Crippen LogP contribution in [0.4, 0.5) is 0 Å². The normalized spacial score (nSPS) is 13.2. The zero-order chi connectivity index (χ0) is 19.1. The summed E-state index contributed by atoms with van der Waals surface area (Å²) >= 11 is 0. The van der Waals surface area contributed by atoms with Gasteiger partial charge in [-0.2, -0.15) is 0 Å². The molecule has 6 nitrogen and oxygen atoms in total. The number of unbranched alkanes of at least 4 members (excludes halogenated alkanes) is 3. The van der Waals surface area contributed by atoms with Crippen molar-refractivity contribution in [2.45, 2.75) is 57.8 Å². The first-order chi connectivity index (χ1) is 13.2. The van der Waals surface area contributed by atoms with Gasteiger partial charge in [0.05, 0.1) is 11.1 Å². The molecule has 0 saturated heterocycles. The van der Waals surface area contributed by atoms with E-state index in [-0.39, 0.29) is 11.8 Å². The van der Waals surface area contributed by atoms with Crippen molar-refractivity contribution in [1.82, 2.24) is 15.8 Å². The van der Waals surface area contributed by atoms with Crippen LogP contribution in [0.5, 0.6) is 0 Å². The SMILES string of the molecule is O=C(CCCCCCNC(=O)c1c2c(nc3ccccc13)CCCC2)NO. The van der Waals surface area contributed by atoms with Gasteiger partial charge in [-0.1, -0.05) is 31.0 Å². The molecule has 27 heavy (non-hydrogen) atoms. The van der Waals surface area contributed by atoms with E-state index in [2.05, 4.69) is 5.32 Å². The number of fused-ring (bicyclic) bond motifs is 2. The summed E-state index contributed by atoms with van der Waals surface area (Å²) in [7, 11) is 0. The van der Waals surface area contributed by atoms with Crippen LogP contribution in [0, 0.1) is 0 Å². The monoisotopic (exact) mass is 369 g/mol. The van der Waals surface area contributed by atoms with E-state index in [1.165, 1.54) is 0 Å². The summed E-state index contributed by atoms with van der Waals surface area (Å²) in [5, 5.41) is 12.5. The highest BCUT2D eigenvalue weighted by atomic mass is 16.5. The van der Waals surface area contributed by atoms with Crippen LogP contribution in [0.15, 0.2) is 24.3 Å². The second-order valence-corrected chi connectivity index (χ2v) is 7.09. The number of benzene rings is 1. The van der Waals surface area contributed by atoms with Crippen molar-refractivity contribution in [3.05, 3.63) is 41.1 Å². The van der Waals surface area contributed by atoms with Gasteiger partial charge < -0.3 is 5.32 Å². The molecule has 2 aromatic rings. The van der Waals surface area contributed by atoms with Gasteiger partial charge in [0.25, 0.3) is 5.91 Å². The minimum Gasteiger partial charge on any atom is -0.352 e. The second-order valence-electron chi connectivity index (χ2n) is 7.09. The maximum Gasteiger partial charge on any atom is 0.252 e. The third-order valence-corrected chi connectivity index (χ3v) is 5.14. The number of hydrogen-bond donors (Lipinski definition) is 3. The summed E-state index contributed by atoms with van der Waals surface area (Å²) in [5.41, 5.74) is 5.53. The minimum absolute atomic E-state index is 0.00796. The number of aryl methyl sites for hydroxylation is 1. The zero-order valence-electron chi connectivity index (χ0n) is 15.6. The predicted octanol–water partition coefficient (Wildman–Crippen LogP) is 3.30. The van der Waals surface area contributed by atoms with Crippen LogP contribution in [0.3, 0.4) is 0 Å². The number of carbonyl (C=O) groups excluding carboxylic acids is 2. The van der Waals surface area contributed by atoms with Gasteiger partial charge in [-0.15, -0.1) is 0 Å². The van der Waals surface area contributed by atoms with Crippen LogP contribution in [-0.4, -0.2) is 28.6 Å². The number of rotatable bonds is 8. The number of nitrogens with one attached hydrogen (secondary N) is 2. The Bertz CT molecular complexity index is 820. The van der Waals surface area contributed by atoms with E-state index in [0.717, 1.165) is 79.1 Å². The number of amides is 2. The van der Waals surface area contributed by atoms with Crippen molar-refractivity contribution in [2.75, 3.05) is 6.54 Å². The number of carbonyl (C=O) groups is 2. The molecule has 0 bridgehead atoms. The number of hydroxylamine groups is 1. The van der Waals surface area contributed by atoms with Crippen LogP contribution >= 0.6 is 0 Å². The molecule has 0 saturated carbocycles. The quantitative estimate of drug-likeness (QED) is 0.378. The van der Waals surface area contributed by atoms with Gasteiger partial charge in [0.1, 0.15) is 0 Å². The van der Waals surface area contributed by atoms with Crippen molar-refractivity contribution in [3.8, 4) is 0 Å². The Kier molecular flexibility index (Phi) is 6.76. The number of aromatic nitrogens is 1. The topological polar surface area (TPSA) is 91.3 Å². The molecular formula is C21H27N3O3. The molecule has 0 fully saturated rings. The number of nitrogens with zero attached hydrogens (tertiary/aromatic N) is 1. The van der Waals surface area contributed by atoms with E-state index in [9.17, 15) is 9.59 Å². The Morgan fingerprint density at radius 1 is 1.04 bits per heavy atom. The molecule has 144 valence electrons. The van der Waals surface area contributed by atoms with Crippen molar-refractivity contribution in [1.29, 1.82) is 0 Å². The Balaban J connectivity index is 1.60. The molecule has 3 N–H and O–H groups in total. The average molecular weight is 369 g/mol. The Morgan fingerprint density at radius 2 is 1.81 bits per heavy atom. The first-order valence-electron chi connectivity index (χ1n) is 9.82. The summed E-state index contributed by atoms with van der Waals surface area (Å²) in [6.45, 7) is 0.621. The number of para-hydroxylation sites is 1. The van der Waals surface area contributed by atoms with Gasteiger partial charge in [0.2, 0.25) is 5.91 Å². The lowest BCUT2D eigenvalue weighted by molar-refractivity contribution is -0.129. The third kappa shape index (κ3) is 4.83. The fourth-order valence-electron chi connectivity index (χ4n) is 3.74. The highest BCUT2D eigenvalue weighted by Crippen LogP contribution is 2.29. The average Bonchev–Trinajstić information content (AvgIpc) is 2.70. The Morgan fingerprint density at radius 3 is 2.67 bits per heavy atom. The number of pyridine rings is 1. The van der Waals surface area contributed by atoms with Crippen LogP contribution in [0.1, 0.15) is 66.6 Å². The van der Waals surface area contributed by atoms with E-state index in [1.54, 1.807) is 5.48 Å². The van der Waals surface area contributed by atoms with Crippen LogP contribution < -0.4 is 10.8 Å². The molecule has 0 atom stereocenters. The van der Waals surface area contributed by atoms with E-state index in [4.69, 9.17) is 10.2 Å². The van der Waals surface area contributed by atoms with E-state index in [0.29, 0.717) is 13.0 Å². The summed E-state index contributed by atoms with van der Waals surface area (Å²) in [6, 6.07) is 7.88. The van der Waals surface area contributed by atoms with E-state index < -0.39 is 0 Å². The lowest BCUT2D eigenvalue weighted by Crippen LogP contribution is -2.27. The molecule has 0 spiro atoms. The molecule has 3 rings (SSSR count). The standard InChI is InChI=1S/C21H27N3O3/c25-19(24-27)13-3-1-2-8-14-22-21(26)20-15-9-4-6-11-17(15)23-18-12-7-5-10-16(18)20/h4,6,9,11,27H,1-3,5,7-8,10,12-14H2,(H,22,26)(H,24,25). The molecule has 1 aromatic carbocycles. The Labute approximate surface area is 159 Å². The van der Waals surface area contributed by atoms with Crippen molar-refractivity contribution in [3.63, 3.8) is 0 Å². The van der Waals surface area contributed by atoms with Crippen LogP contribution in [-0.2, 0) is 17.6 Å². The molecule has 0 aliphatic heterocycles. The van der Waals surface area contributed by atoms with Gasteiger partial charge in [-0.05, 0) is 50.2 Å². The highest BCUT2D eigenvalue weighted by Gasteiger charge is 2.22. The number of hydrogen-bond acceptors (Lipinski definition) is 4. The lowest BCUT2D eigenvalue weighted by atomic mass is 9.89. The maximum absolute atomic E-state index is 12.9. The van der Waals surface area contributed by atoms with Crippen molar-refractivity contribution >= 4 is 22.7 Å². The van der Waals surface area contributed by atoms with Crippen LogP contribution in [0.2, 0.25) is 0 Å². The van der Waals surface area contributed by atoms with Crippen molar-refractivity contribution in [2.24, 2.45) is 0 Å².